The molecule has 0 saturated heterocycles. The van der Waals surface area contributed by atoms with Gasteiger partial charge in [-0.3, -0.25) is 4.55 Å². The van der Waals surface area contributed by atoms with Crippen molar-refractivity contribution < 1.29 is 13.0 Å². The minimum absolute atomic E-state index is 0.170. The van der Waals surface area contributed by atoms with Crippen LogP contribution < -0.4 is 5.73 Å². The first-order valence-electron chi connectivity index (χ1n) is 5.07. The Balaban J connectivity index is 2.46. The molecule has 0 aliphatic carbocycles. The van der Waals surface area contributed by atoms with Crippen LogP contribution in [-0.2, 0) is 10.1 Å². The maximum Gasteiger partial charge on any atom is 0.295 e. The molecule has 2 rings (SSSR count). The van der Waals surface area contributed by atoms with Gasteiger partial charge in [0.15, 0.2) is 0 Å². The van der Waals surface area contributed by atoms with E-state index in [4.69, 9.17) is 5.73 Å². The van der Waals surface area contributed by atoms with Gasteiger partial charge in [0.2, 0.25) is 0 Å². The highest BCUT2D eigenvalue weighted by atomic mass is 32.2. The summed E-state index contributed by atoms with van der Waals surface area (Å²) < 4.78 is 31.7. The quantitative estimate of drug-likeness (QED) is 0.668. The fourth-order valence-corrected chi connectivity index (χ4v) is 3.32. The van der Waals surface area contributed by atoms with Crippen molar-refractivity contribution in [2.45, 2.75) is 14.7 Å². The van der Waals surface area contributed by atoms with Gasteiger partial charge in [-0.1, -0.05) is 30.0 Å². The molecular formula is C12H11NO3S2. The standard InChI is InChI=1S/C12H11NO3S2/c13-9-6-7-11(12(8-9)18(14,15)16)17-10-4-2-1-3-5-10/h1-8H,13H2,(H,14,15,16). The first kappa shape index (κ1) is 12.9. The summed E-state index contributed by atoms with van der Waals surface area (Å²) in [6, 6.07) is 13.7. The van der Waals surface area contributed by atoms with E-state index in [0.29, 0.717) is 10.6 Å². The van der Waals surface area contributed by atoms with E-state index < -0.39 is 10.1 Å². The van der Waals surface area contributed by atoms with Crippen LogP contribution >= 0.6 is 11.8 Å². The molecule has 0 aliphatic heterocycles. The van der Waals surface area contributed by atoms with Crippen molar-refractivity contribution in [1.82, 2.24) is 0 Å². The summed E-state index contributed by atoms with van der Waals surface area (Å²) in [7, 11) is -4.28. The smallest absolute Gasteiger partial charge is 0.295 e. The van der Waals surface area contributed by atoms with Gasteiger partial charge in [-0.05, 0) is 30.3 Å². The normalized spacial score (nSPS) is 11.4. The van der Waals surface area contributed by atoms with Gasteiger partial charge in [-0.25, -0.2) is 0 Å². The minimum Gasteiger partial charge on any atom is -0.399 e. The number of nitrogens with two attached hydrogens (primary N) is 1. The number of anilines is 1. The average molecular weight is 281 g/mol. The van der Waals surface area contributed by atoms with Crippen molar-refractivity contribution in [3.63, 3.8) is 0 Å². The Morgan fingerprint density at radius 3 is 2.33 bits per heavy atom. The molecule has 0 aliphatic rings. The molecule has 0 atom stereocenters. The molecule has 0 amide bonds. The Morgan fingerprint density at radius 2 is 1.72 bits per heavy atom. The lowest BCUT2D eigenvalue weighted by Gasteiger charge is -2.07. The molecule has 0 fully saturated rings. The van der Waals surface area contributed by atoms with Gasteiger partial charge in [0.05, 0.1) is 0 Å². The van der Waals surface area contributed by atoms with E-state index >= 15 is 0 Å². The zero-order chi connectivity index (χ0) is 13.2. The molecule has 0 spiro atoms. The SMILES string of the molecule is Nc1ccc(Sc2ccccc2)c(S(=O)(=O)O)c1. The Kier molecular flexibility index (Phi) is 3.60. The molecule has 2 aromatic carbocycles. The molecule has 0 saturated carbocycles. The highest BCUT2D eigenvalue weighted by molar-refractivity contribution is 8.00. The molecule has 0 radical (unpaired) electrons. The first-order valence-corrected chi connectivity index (χ1v) is 7.32. The second-order valence-corrected chi connectivity index (χ2v) is 6.10. The fourth-order valence-electron chi connectivity index (χ4n) is 1.43. The largest absolute Gasteiger partial charge is 0.399 e. The summed E-state index contributed by atoms with van der Waals surface area (Å²) in [5.74, 6) is 0. The maximum atomic E-state index is 11.3. The predicted octanol–water partition coefficient (Wildman–Crippen LogP) is 2.67. The van der Waals surface area contributed by atoms with Crippen LogP contribution in [0.4, 0.5) is 5.69 Å². The third-order valence-electron chi connectivity index (χ3n) is 2.22. The lowest BCUT2D eigenvalue weighted by atomic mass is 10.3. The van der Waals surface area contributed by atoms with Crippen molar-refractivity contribution >= 4 is 27.6 Å². The van der Waals surface area contributed by atoms with Crippen molar-refractivity contribution in [2.75, 3.05) is 5.73 Å². The van der Waals surface area contributed by atoms with Gasteiger partial charge in [0.1, 0.15) is 4.90 Å². The van der Waals surface area contributed by atoms with Gasteiger partial charge < -0.3 is 5.73 Å². The van der Waals surface area contributed by atoms with E-state index in [1.54, 1.807) is 12.1 Å². The lowest BCUT2D eigenvalue weighted by molar-refractivity contribution is 0.481. The first-order chi connectivity index (χ1) is 8.47. The lowest BCUT2D eigenvalue weighted by Crippen LogP contribution is -2.01. The van der Waals surface area contributed by atoms with Crippen molar-refractivity contribution in [3.05, 3.63) is 48.5 Å². The second-order valence-electron chi connectivity index (χ2n) is 3.60. The number of hydrogen-bond acceptors (Lipinski definition) is 4. The van der Waals surface area contributed by atoms with Crippen molar-refractivity contribution in [2.24, 2.45) is 0 Å². The van der Waals surface area contributed by atoms with Crippen molar-refractivity contribution in [1.29, 1.82) is 0 Å². The van der Waals surface area contributed by atoms with Gasteiger partial charge >= 0.3 is 0 Å². The van der Waals surface area contributed by atoms with E-state index in [-0.39, 0.29) is 4.90 Å². The zero-order valence-corrected chi connectivity index (χ0v) is 10.9. The number of benzene rings is 2. The molecule has 0 unspecified atom stereocenters. The molecule has 2 aromatic rings. The van der Waals surface area contributed by atoms with Crippen LogP contribution in [-0.4, -0.2) is 13.0 Å². The summed E-state index contributed by atoms with van der Waals surface area (Å²) >= 11 is 1.26. The fraction of sp³-hybridized carbons (Fsp3) is 0. The van der Waals surface area contributed by atoms with Crippen LogP contribution in [0.25, 0.3) is 0 Å². The van der Waals surface area contributed by atoms with Crippen LogP contribution in [0, 0.1) is 0 Å². The summed E-state index contributed by atoms with van der Waals surface area (Å²) in [4.78, 5) is 1.15. The molecule has 6 heteroatoms. The molecule has 4 nitrogen and oxygen atoms in total. The summed E-state index contributed by atoms with van der Waals surface area (Å²) in [6.45, 7) is 0. The molecule has 3 N–H and O–H groups in total. The Bertz CT molecular complexity index is 654. The van der Waals surface area contributed by atoms with Gasteiger partial charge in [0.25, 0.3) is 10.1 Å². The zero-order valence-electron chi connectivity index (χ0n) is 9.28. The van der Waals surface area contributed by atoms with Gasteiger partial charge in [-0.2, -0.15) is 8.42 Å². The van der Waals surface area contributed by atoms with E-state index in [0.717, 1.165) is 4.90 Å². The Morgan fingerprint density at radius 1 is 1.06 bits per heavy atom. The molecule has 94 valence electrons. The summed E-state index contributed by atoms with van der Waals surface area (Å²) in [5, 5.41) is 0. The summed E-state index contributed by atoms with van der Waals surface area (Å²) in [6.07, 6.45) is 0. The van der Waals surface area contributed by atoms with Crippen LogP contribution in [0.3, 0.4) is 0 Å². The highest BCUT2D eigenvalue weighted by Crippen LogP contribution is 2.33. The molecule has 18 heavy (non-hydrogen) atoms. The average Bonchev–Trinajstić information content (AvgIpc) is 2.31. The van der Waals surface area contributed by atoms with Gasteiger partial charge in [0, 0.05) is 15.5 Å². The minimum atomic E-state index is -4.28. The van der Waals surface area contributed by atoms with Gasteiger partial charge in [-0.15, -0.1) is 0 Å². The molecule has 0 heterocycles. The number of hydrogen-bond donors (Lipinski definition) is 2. The van der Waals surface area contributed by atoms with Crippen LogP contribution in [0.15, 0.2) is 63.2 Å². The Hall–Kier alpha value is -1.50. The molecule has 0 bridgehead atoms. The second kappa shape index (κ2) is 5.01. The maximum absolute atomic E-state index is 11.3. The number of nitrogen functional groups attached to an aromatic ring is 1. The van der Waals surface area contributed by atoms with E-state index in [9.17, 15) is 13.0 Å². The van der Waals surface area contributed by atoms with Crippen LogP contribution in [0.2, 0.25) is 0 Å². The summed E-state index contributed by atoms with van der Waals surface area (Å²) in [5.41, 5.74) is 5.82. The van der Waals surface area contributed by atoms with E-state index in [2.05, 4.69) is 0 Å². The highest BCUT2D eigenvalue weighted by Gasteiger charge is 2.16. The monoisotopic (exact) mass is 281 g/mol. The predicted molar refractivity (Wildman–Crippen MR) is 71.2 cm³/mol. The van der Waals surface area contributed by atoms with E-state index in [1.807, 2.05) is 30.3 Å². The number of rotatable bonds is 3. The Labute approximate surface area is 110 Å². The van der Waals surface area contributed by atoms with E-state index in [1.165, 1.54) is 17.8 Å². The third-order valence-corrected chi connectivity index (χ3v) is 4.32. The van der Waals surface area contributed by atoms with Crippen LogP contribution in [0.1, 0.15) is 0 Å². The van der Waals surface area contributed by atoms with Crippen molar-refractivity contribution in [3.8, 4) is 0 Å². The topological polar surface area (TPSA) is 80.4 Å². The third kappa shape index (κ3) is 3.04. The molecule has 0 aromatic heterocycles. The molecular weight excluding hydrogens is 270 g/mol. The van der Waals surface area contributed by atoms with Crippen LogP contribution in [0.5, 0.6) is 0 Å².